The molecule has 0 bridgehead atoms. The van der Waals surface area contributed by atoms with E-state index in [2.05, 4.69) is 67.1 Å². The van der Waals surface area contributed by atoms with Crippen LogP contribution in [0, 0.1) is 11.7 Å². The number of piperazine rings is 1. The van der Waals surface area contributed by atoms with Gasteiger partial charge in [-0.25, -0.2) is 14.4 Å². The largest absolute Gasteiger partial charge is 0.384 e. The van der Waals surface area contributed by atoms with Crippen LogP contribution >= 0.6 is 0 Å². The molecule has 1 unspecified atom stereocenters. The topological polar surface area (TPSA) is 145 Å². The molecule has 3 amide bonds. The van der Waals surface area contributed by atoms with Crippen molar-refractivity contribution >= 4 is 45.9 Å². The quantitative estimate of drug-likeness (QED) is 0.143. The number of nitrogens with two attached hydrogens (primary N) is 1. The van der Waals surface area contributed by atoms with Crippen molar-refractivity contribution in [3.05, 3.63) is 102 Å². The second-order valence-corrected chi connectivity index (χ2v) is 17.8. The van der Waals surface area contributed by atoms with Gasteiger partial charge in [0, 0.05) is 106 Å². The highest BCUT2D eigenvalue weighted by molar-refractivity contribution is 6.01. The van der Waals surface area contributed by atoms with Gasteiger partial charge in [0.15, 0.2) is 0 Å². The first-order chi connectivity index (χ1) is 30.1. The number of carbonyl (C=O) groups is 3. The third-order valence-corrected chi connectivity index (χ3v) is 13.8. The lowest BCUT2D eigenvalue weighted by molar-refractivity contribution is -0.133. The lowest BCUT2D eigenvalue weighted by Gasteiger charge is -2.43. The molecular weight excluding hydrogens is 784 g/mol. The van der Waals surface area contributed by atoms with Gasteiger partial charge in [0.25, 0.3) is 5.91 Å². The number of nitrogens with one attached hydrogen (secondary N) is 2. The number of likely N-dealkylation sites (tertiary alicyclic amines) is 2. The molecule has 2 aromatic carbocycles. The summed E-state index contributed by atoms with van der Waals surface area (Å²) >= 11 is 0. The number of halogens is 1. The molecule has 324 valence electrons. The van der Waals surface area contributed by atoms with E-state index in [1.807, 2.05) is 47.6 Å². The molecule has 14 heteroatoms. The van der Waals surface area contributed by atoms with Gasteiger partial charge in [-0.3, -0.25) is 29.5 Å². The summed E-state index contributed by atoms with van der Waals surface area (Å²) in [5, 5.41) is 6.53. The maximum absolute atomic E-state index is 15.3. The summed E-state index contributed by atoms with van der Waals surface area (Å²) in [6, 6.07) is 21.3. The molecular formula is C48H57FN10O3. The van der Waals surface area contributed by atoms with E-state index in [-0.39, 0.29) is 36.0 Å². The number of pyridine rings is 2. The minimum atomic E-state index is -0.554. The Morgan fingerprint density at radius 1 is 0.903 bits per heavy atom. The van der Waals surface area contributed by atoms with E-state index in [9.17, 15) is 14.4 Å². The van der Waals surface area contributed by atoms with Gasteiger partial charge in [-0.15, -0.1) is 0 Å². The highest BCUT2D eigenvalue weighted by atomic mass is 19.1. The highest BCUT2D eigenvalue weighted by Crippen LogP contribution is 2.33. The van der Waals surface area contributed by atoms with Crippen LogP contribution in [0.2, 0.25) is 0 Å². The van der Waals surface area contributed by atoms with Gasteiger partial charge in [0.1, 0.15) is 23.3 Å². The van der Waals surface area contributed by atoms with E-state index < -0.39 is 6.04 Å². The smallest absolute Gasteiger partial charge is 0.253 e. The predicted molar refractivity (Wildman–Crippen MR) is 240 cm³/mol. The highest BCUT2D eigenvalue weighted by Gasteiger charge is 2.31. The molecule has 0 saturated carbocycles. The third kappa shape index (κ3) is 8.89. The Bertz CT molecular complexity index is 2420. The molecule has 62 heavy (non-hydrogen) atoms. The molecule has 4 aliphatic heterocycles. The average Bonchev–Trinajstić information content (AvgIpc) is 3.60. The van der Waals surface area contributed by atoms with Crippen molar-refractivity contribution in [3.63, 3.8) is 0 Å². The van der Waals surface area contributed by atoms with E-state index in [1.165, 1.54) is 17.3 Å². The molecule has 4 N–H and O–H groups in total. The Morgan fingerprint density at radius 3 is 2.40 bits per heavy atom. The zero-order valence-corrected chi connectivity index (χ0v) is 35.7. The molecule has 0 spiro atoms. The average molecular weight is 841 g/mol. The number of imide groups is 1. The van der Waals surface area contributed by atoms with Crippen molar-refractivity contribution in [1.82, 2.24) is 34.6 Å². The van der Waals surface area contributed by atoms with Crippen LogP contribution in [0.3, 0.4) is 0 Å². The zero-order chi connectivity index (χ0) is 42.9. The van der Waals surface area contributed by atoms with Crippen LogP contribution in [0.1, 0.15) is 73.0 Å². The molecule has 3 aromatic heterocycles. The van der Waals surface area contributed by atoms with Crippen molar-refractivity contribution in [3.8, 4) is 11.1 Å². The standard InChI is InChI=1S/C48H57FN10O3/c1-31-28-59(43-10-8-37(25-41(43)49)53-42-9-12-45(60)54-47(42)61)24-23-58(31)29-32-14-21-57(22-15-32)48(62)35-5-3-33(4-6-35)34-16-19-56(20-17-34)30-38-26-40-39(13-18-51-46(40)55(38)2)36-7-11-44(50)52-27-36/h3-8,10-11,13,18,25-27,31-32,34,42,53H,9,12,14-17,19-24,28-30H2,1-2H3,(H2,50,52)(H,54,60,61)/t31-,42?/m0/s1. The molecule has 7 heterocycles. The number of anilines is 3. The molecule has 4 fully saturated rings. The summed E-state index contributed by atoms with van der Waals surface area (Å²) in [6.45, 7) is 9.88. The molecule has 2 atom stereocenters. The summed E-state index contributed by atoms with van der Waals surface area (Å²) in [7, 11) is 2.10. The fourth-order valence-corrected chi connectivity index (χ4v) is 9.99. The molecule has 13 nitrogen and oxygen atoms in total. The van der Waals surface area contributed by atoms with Gasteiger partial charge in [-0.1, -0.05) is 12.1 Å². The molecule has 4 saturated heterocycles. The zero-order valence-electron chi connectivity index (χ0n) is 35.7. The van der Waals surface area contributed by atoms with Crippen LogP contribution in [0.15, 0.2) is 79.1 Å². The number of hydrogen-bond donors (Lipinski definition) is 3. The Hall–Kier alpha value is -5.86. The lowest BCUT2D eigenvalue weighted by Crippen LogP contribution is -2.54. The van der Waals surface area contributed by atoms with E-state index in [0.717, 1.165) is 112 Å². The van der Waals surface area contributed by atoms with Crippen molar-refractivity contribution in [2.45, 2.75) is 70.0 Å². The van der Waals surface area contributed by atoms with E-state index >= 15 is 4.39 Å². The van der Waals surface area contributed by atoms with E-state index in [0.29, 0.717) is 35.4 Å². The fourth-order valence-electron chi connectivity index (χ4n) is 9.99. The molecule has 0 radical (unpaired) electrons. The summed E-state index contributed by atoms with van der Waals surface area (Å²) in [5.41, 5.74) is 13.3. The Balaban J connectivity index is 0.716. The predicted octanol–water partition coefficient (Wildman–Crippen LogP) is 6.02. The number of carbonyl (C=O) groups excluding carboxylic acids is 3. The first-order valence-electron chi connectivity index (χ1n) is 22.2. The molecule has 0 aliphatic carbocycles. The molecule has 5 aromatic rings. The number of rotatable bonds is 10. The Kier molecular flexibility index (Phi) is 11.9. The molecule has 4 aliphatic rings. The minimum absolute atomic E-state index is 0.118. The third-order valence-electron chi connectivity index (χ3n) is 13.8. The number of nitrogen functional groups attached to an aromatic ring is 1. The SMILES string of the molecule is C[C@H]1CN(c2ccc(NC3CCC(=O)NC3=O)cc2F)CCN1CC1CCN(C(=O)c2ccc(C3CCN(Cc4cc5c(-c6ccc(N)nc6)ccnc5n4C)CC3)cc2)CC1. The summed E-state index contributed by atoms with van der Waals surface area (Å²) in [6.07, 6.45) is 8.44. The van der Waals surface area contributed by atoms with Gasteiger partial charge in [0.2, 0.25) is 11.8 Å². The van der Waals surface area contributed by atoms with Gasteiger partial charge in [0.05, 0.1) is 5.69 Å². The molecule has 9 rings (SSSR count). The van der Waals surface area contributed by atoms with Crippen LogP contribution in [0.4, 0.5) is 21.6 Å². The maximum atomic E-state index is 15.3. The number of nitrogens with zero attached hydrogens (tertiary/aromatic N) is 7. The number of aryl methyl sites for hydroxylation is 1. The maximum Gasteiger partial charge on any atom is 0.253 e. The van der Waals surface area contributed by atoms with Crippen LogP contribution in [0.5, 0.6) is 0 Å². The number of piperidine rings is 3. The monoisotopic (exact) mass is 840 g/mol. The number of aromatic nitrogens is 3. The first kappa shape index (κ1) is 41.5. The van der Waals surface area contributed by atoms with Crippen LogP contribution in [0.25, 0.3) is 22.2 Å². The van der Waals surface area contributed by atoms with E-state index in [1.54, 1.807) is 12.1 Å². The van der Waals surface area contributed by atoms with E-state index in [4.69, 9.17) is 10.7 Å². The second-order valence-electron chi connectivity index (χ2n) is 17.8. The van der Waals surface area contributed by atoms with Crippen LogP contribution < -0.4 is 21.3 Å². The van der Waals surface area contributed by atoms with Crippen LogP contribution in [-0.4, -0.2) is 111 Å². The fraction of sp³-hybridized carbons (Fsp3) is 0.438. The normalized spacial score (nSPS) is 21.1. The number of hydrogen-bond acceptors (Lipinski definition) is 10. The van der Waals surface area contributed by atoms with Gasteiger partial charge >= 0.3 is 0 Å². The Morgan fingerprint density at radius 2 is 1.69 bits per heavy atom. The van der Waals surface area contributed by atoms with Crippen molar-refractivity contribution < 1.29 is 18.8 Å². The van der Waals surface area contributed by atoms with Crippen molar-refractivity contribution in [2.75, 3.05) is 68.3 Å². The van der Waals surface area contributed by atoms with Gasteiger partial charge in [-0.2, -0.15) is 0 Å². The first-order valence-corrected chi connectivity index (χ1v) is 22.2. The lowest BCUT2D eigenvalue weighted by atomic mass is 9.88. The van der Waals surface area contributed by atoms with Gasteiger partial charge < -0.3 is 25.4 Å². The van der Waals surface area contributed by atoms with Crippen molar-refractivity contribution in [1.29, 1.82) is 0 Å². The number of fused-ring (bicyclic) bond motifs is 1. The van der Waals surface area contributed by atoms with Gasteiger partial charge in [-0.05, 0) is 130 Å². The van der Waals surface area contributed by atoms with Crippen molar-refractivity contribution in [2.24, 2.45) is 13.0 Å². The Labute approximate surface area is 362 Å². The summed E-state index contributed by atoms with van der Waals surface area (Å²) in [4.78, 5) is 55.4. The van der Waals surface area contributed by atoms with Crippen LogP contribution in [-0.2, 0) is 23.2 Å². The second kappa shape index (κ2) is 17.9. The number of amides is 3. The summed E-state index contributed by atoms with van der Waals surface area (Å²) in [5.74, 6) is 0.633. The minimum Gasteiger partial charge on any atom is -0.384 e. The summed E-state index contributed by atoms with van der Waals surface area (Å²) < 4.78 is 17.6. The number of benzene rings is 2.